The molecule has 2 unspecified atom stereocenters. The molecule has 68 valence electrons. The second-order valence-electron chi connectivity index (χ2n) is 3.66. The van der Waals surface area contributed by atoms with Crippen molar-refractivity contribution in [2.24, 2.45) is 0 Å². The van der Waals surface area contributed by atoms with Gasteiger partial charge in [0, 0.05) is 13.1 Å². The summed E-state index contributed by atoms with van der Waals surface area (Å²) in [6.07, 6.45) is 2.09. The molecule has 4 heteroatoms. The van der Waals surface area contributed by atoms with Gasteiger partial charge in [-0.3, -0.25) is 4.79 Å². The summed E-state index contributed by atoms with van der Waals surface area (Å²) in [7, 11) is 0. The van der Waals surface area contributed by atoms with E-state index in [1.807, 2.05) is 0 Å². The molecule has 0 saturated carbocycles. The number of piperidine rings is 1. The summed E-state index contributed by atoms with van der Waals surface area (Å²) >= 11 is 0. The molecule has 12 heavy (non-hydrogen) atoms. The van der Waals surface area contributed by atoms with E-state index < -0.39 is 0 Å². The minimum Gasteiger partial charge on any atom is -0.392 e. The molecule has 2 aliphatic rings. The normalized spacial score (nSPS) is 41.8. The van der Waals surface area contributed by atoms with Crippen LogP contribution < -0.4 is 10.6 Å². The largest absolute Gasteiger partial charge is 0.392 e. The van der Waals surface area contributed by atoms with E-state index in [0.29, 0.717) is 6.54 Å². The van der Waals surface area contributed by atoms with Gasteiger partial charge < -0.3 is 15.7 Å². The third-order valence-electron chi connectivity index (χ3n) is 2.85. The topological polar surface area (TPSA) is 61.4 Å². The lowest BCUT2D eigenvalue weighted by Crippen LogP contribution is -2.56. The van der Waals surface area contributed by atoms with Crippen LogP contribution in [0.5, 0.6) is 0 Å². The minimum atomic E-state index is -0.348. The summed E-state index contributed by atoms with van der Waals surface area (Å²) < 4.78 is 0. The van der Waals surface area contributed by atoms with Crippen LogP contribution in [0.2, 0.25) is 0 Å². The highest BCUT2D eigenvalue weighted by atomic mass is 16.3. The number of carbonyl (C=O) groups excluding carboxylic acids is 1. The van der Waals surface area contributed by atoms with E-state index in [0.717, 1.165) is 25.8 Å². The first-order chi connectivity index (χ1) is 5.73. The molecule has 0 bridgehead atoms. The van der Waals surface area contributed by atoms with Gasteiger partial charge >= 0.3 is 0 Å². The molecule has 3 N–H and O–H groups in total. The molecule has 2 aliphatic heterocycles. The lowest BCUT2D eigenvalue weighted by Gasteiger charge is -2.34. The standard InChI is InChI=1S/C8H14N2O2/c11-6-1-2-8(10-5-6)3-4-9-7(8)12/h6,10-11H,1-5H2,(H,9,12). The molecule has 0 aromatic rings. The van der Waals surface area contributed by atoms with E-state index in [1.165, 1.54) is 0 Å². The highest BCUT2D eigenvalue weighted by molar-refractivity contribution is 5.88. The molecule has 2 saturated heterocycles. The molecule has 2 heterocycles. The van der Waals surface area contributed by atoms with E-state index in [1.54, 1.807) is 0 Å². The molecular weight excluding hydrogens is 156 g/mol. The fraction of sp³-hybridized carbons (Fsp3) is 0.875. The Morgan fingerprint density at radius 3 is 2.83 bits per heavy atom. The molecule has 1 spiro atoms. The smallest absolute Gasteiger partial charge is 0.240 e. The van der Waals surface area contributed by atoms with E-state index in [4.69, 9.17) is 0 Å². The molecule has 0 aliphatic carbocycles. The van der Waals surface area contributed by atoms with Gasteiger partial charge in [0.25, 0.3) is 0 Å². The Bertz CT molecular complexity index is 197. The summed E-state index contributed by atoms with van der Waals surface area (Å²) in [5.74, 6) is 0.106. The van der Waals surface area contributed by atoms with Gasteiger partial charge in [-0.05, 0) is 19.3 Å². The van der Waals surface area contributed by atoms with Gasteiger partial charge in [0.05, 0.1) is 11.6 Å². The number of aliphatic hydroxyl groups excluding tert-OH is 1. The van der Waals surface area contributed by atoms with Crippen molar-refractivity contribution in [1.82, 2.24) is 10.6 Å². The van der Waals surface area contributed by atoms with Crippen molar-refractivity contribution in [3.05, 3.63) is 0 Å². The lowest BCUT2D eigenvalue weighted by molar-refractivity contribution is -0.126. The quantitative estimate of drug-likeness (QED) is 0.436. The van der Waals surface area contributed by atoms with Crippen LogP contribution in [0.4, 0.5) is 0 Å². The zero-order chi connectivity index (χ0) is 8.60. The average Bonchev–Trinajstić information content (AvgIpc) is 2.41. The highest BCUT2D eigenvalue weighted by Crippen LogP contribution is 2.26. The van der Waals surface area contributed by atoms with Gasteiger partial charge in [0.2, 0.25) is 5.91 Å². The SMILES string of the molecule is O=C1NCCC12CCC(O)CN2. The summed E-state index contributed by atoms with van der Waals surface area (Å²) in [6.45, 7) is 1.31. The highest BCUT2D eigenvalue weighted by Gasteiger charge is 2.44. The second-order valence-corrected chi connectivity index (χ2v) is 3.66. The van der Waals surface area contributed by atoms with Crippen LogP contribution in [0, 0.1) is 0 Å². The molecular formula is C8H14N2O2. The molecule has 0 aromatic heterocycles. The lowest BCUT2D eigenvalue weighted by atomic mass is 9.86. The number of nitrogens with one attached hydrogen (secondary N) is 2. The molecule has 2 atom stereocenters. The van der Waals surface area contributed by atoms with Crippen LogP contribution in [-0.4, -0.2) is 35.7 Å². The van der Waals surface area contributed by atoms with Gasteiger partial charge in [0.15, 0.2) is 0 Å². The number of rotatable bonds is 0. The first-order valence-electron chi connectivity index (χ1n) is 4.44. The number of β-amino-alcohol motifs (C(OH)–C–C–N with tert-alkyl or cyclic N) is 1. The summed E-state index contributed by atoms with van der Waals surface area (Å²) in [5, 5.41) is 15.2. The van der Waals surface area contributed by atoms with Crippen molar-refractivity contribution in [2.45, 2.75) is 30.9 Å². The predicted molar refractivity (Wildman–Crippen MR) is 43.6 cm³/mol. The first kappa shape index (κ1) is 8.01. The Kier molecular flexibility index (Phi) is 1.81. The maximum atomic E-state index is 11.4. The van der Waals surface area contributed by atoms with Gasteiger partial charge in [-0.15, -0.1) is 0 Å². The number of aliphatic hydroxyl groups is 1. The molecule has 0 aromatic carbocycles. The van der Waals surface area contributed by atoms with Crippen LogP contribution in [0.3, 0.4) is 0 Å². The molecule has 0 radical (unpaired) electrons. The van der Waals surface area contributed by atoms with Crippen molar-refractivity contribution < 1.29 is 9.90 Å². The van der Waals surface area contributed by atoms with Gasteiger partial charge in [-0.25, -0.2) is 0 Å². The molecule has 2 fully saturated rings. The first-order valence-corrected chi connectivity index (χ1v) is 4.44. The Balaban J connectivity index is 2.07. The zero-order valence-electron chi connectivity index (χ0n) is 6.97. The van der Waals surface area contributed by atoms with E-state index in [2.05, 4.69) is 10.6 Å². The monoisotopic (exact) mass is 170 g/mol. The van der Waals surface area contributed by atoms with Crippen molar-refractivity contribution in [3.63, 3.8) is 0 Å². The van der Waals surface area contributed by atoms with Crippen molar-refractivity contribution >= 4 is 5.91 Å². The van der Waals surface area contributed by atoms with E-state index in [9.17, 15) is 9.90 Å². The predicted octanol–water partition coefficient (Wildman–Crippen LogP) is -1.01. The Morgan fingerprint density at radius 2 is 2.33 bits per heavy atom. The van der Waals surface area contributed by atoms with E-state index >= 15 is 0 Å². The fourth-order valence-corrected chi connectivity index (χ4v) is 2.00. The van der Waals surface area contributed by atoms with Crippen LogP contribution in [0.25, 0.3) is 0 Å². The second kappa shape index (κ2) is 2.71. The Morgan fingerprint density at radius 1 is 1.50 bits per heavy atom. The van der Waals surface area contributed by atoms with Gasteiger partial charge in [0.1, 0.15) is 0 Å². The van der Waals surface area contributed by atoms with E-state index in [-0.39, 0.29) is 17.6 Å². The third kappa shape index (κ3) is 1.11. The Labute approximate surface area is 71.3 Å². The maximum Gasteiger partial charge on any atom is 0.240 e. The molecule has 2 rings (SSSR count). The van der Waals surface area contributed by atoms with Crippen LogP contribution >= 0.6 is 0 Å². The third-order valence-corrected chi connectivity index (χ3v) is 2.85. The van der Waals surface area contributed by atoms with Crippen molar-refractivity contribution in [3.8, 4) is 0 Å². The number of carbonyl (C=O) groups is 1. The summed E-state index contributed by atoms with van der Waals surface area (Å²) in [4.78, 5) is 11.4. The summed E-state index contributed by atoms with van der Waals surface area (Å²) in [5.41, 5.74) is -0.348. The number of hydrogen-bond acceptors (Lipinski definition) is 3. The molecule has 1 amide bonds. The van der Waals surface area contributed by atoms with Gasteiger partial charge in [-0.2, -0.15) is 0 Å². The van der Waals surface area contributed by atoms with Gasteiger partial charge in [-0.1, -0.05) is 0 Å². The van der Waals surface area contributed by atoms with Crippen molar-refractivity contribution in [1.29, 1.82) is 0 Å². The van der Waals surface area contributed by atoms with Crippen LogP contribution in [-0.2, 0) is 4.79 Å². The zero-order valence-corrected chi connectivity index (χ0v) is 6.97. The number of hydrogen-bond donors (Lipinski definition) is 3. The minimum absolute atomic E-state index is 0.106. The maximum absolute atomic E-state index is 11.4. The summed E-state index contributed by atoms with van der Waals surface area (Å²) in [6, 6.07) is 0. The average molecular weight is 170 g/mol. The Hall–Kier alpha value is -0.610. The van der Waals surface area contributed by atoms with Crippen molar-refractivity contribution in [2.75, 3.05) is 13.1 Å². The van der Waals surface area contributed by atoms with Crippen LogP contribution in [0.15, 0.2) is 0 Å². The molecule has 4 nitrogen and oxygen atoms in total. The number of amides is 1. The fourth-order valence-electron chi connectivity index (χ4n) is 2.00. The van der Waals surface area contributed by atoms with Crippen LogP contribution in [0.1, 0.15) is 19.3 Å².